The Balaban J connectivity index is 0.000000314. The lowest BCUT2D eigenvalue weighted by Gasteiger charge is -2.00. The number of fused-ring (bicyclic) bond motifs is 1. The highest BCUT2D eigenvalue weighted by atomic mass is 16.4. The molecule has 5 N–H and O–H groups in total. The van der Waals surface area contributed by atoms with Gasteiger partial charge in [-0.3, -0.25) is 4.79 Å². The van der Waals surface area contributed by atoms with Gasteiger partial charge in [0, 0.05) is 29.5 Å². The SMILES string of the molecule is O=C([O-])CCCCC(=O)O.[NH3+]CCCCCCCc1c[nH]c2ccccc12. The largest absolute Gasteiger partial charge is 0.550 e. The second kappa shape index (κ2) is 13.8. The number of carbonyl (C=O) groups is 2. The molecule has 0 saturated carbocycles. The summed E-state index contributed by atoms with van der Waals surface area (Å²) in [6.07, 6.45) is 10.8. The number of benzene rings is 1. The van der Waals surface area contributed by atoms with E-state index in [1.165, 1.54) is 55.0 Å². The van der Waals surface area contributed by atoms with Crippen LogP contribution in [0.5, 0.6) is 0 Å². The van der Waals surface area contributed by atoms with Crippen molar-refractivity contribution in [3.63, 3.8) is 0 Å². The molecule has 0 aliphatic heterocycles. The number of aromatic amines is 1. The Morgan fingerprint density at radius 1 is 0.963 bits per heavy atom. The maximum atomic E-state index is 9.88. The Bertz CT molecular complexity index is 666. The minimum Gasteiger partial charge on any atom is -0.550 e. The van der Waals surface area contributed by atoms with Gasteiger partial charge in [0.1, 0.15) is 0 Å². The molecular weight excluding hydrogens is 344 g/mol. The van der Waals surface area contributed by atoms with E-state index in [1.54, 1.807) is 0 Å². The van der Waals surface area contributed by atoms with Gasteiger partial charge in [-0.2, -0.15) is 0 Å². The Kier molecular flexibility index (Phi) is 11.6. The lowest BCUT2D eigenvalue weighted by atomic mass is 10.0. The van der Waals surface area contributed by atoms with Crippen LogP contribution < -0.4 is 10.8 Å². The predicted octanol–water partition coefficient (Wildman–Crippen LogP) is 2.28. The molecule has 2 rings (SSSR count). The molecule has 0 radical (unpaired) electrons. The van der Waals surface area contributed by atoms with E-state index < -0.39 is 11.9 Å². The lowest BCUT2D eigenvalue weighted by Crippen LogP contribution is -2.50. The summed E-state index contributed by atoms with van der Waals surface area (Å²) in [6, 6.07) is 8.56. The summed E-state index contributed by atoms with van der Waals surface area (Å²) in [7, 11) is 0. The molecule has 1 heterocycles. The summed E-state index contributed by atoms with van der Waals surface area (Å²) in [4.78, 5) is 23.0. The van der Waals surface area contributed by atoms with Crippen LogP contribution in [0, 0.1) is 0 Å². The summed E-state index contributed by atoms with van der Waals surface area (Å²) in [5.74, 6) is -2.01. The molecule has 2 aromatic rings. The van der Waals surface area contributed by atoms with Crippen molar-refractivity contribution in [2.24, 2.45) is 0 Å². The highest BCUT2D eigenvalue weighted by Gasteiger charge is 2.02. The first-order valence-electron chi connectivity index (χ1n) is 9.80. The van der Waals surface area contributed by atoms with Crippen molar-refractivity contribution in [2.75, 3.05) is 6.54 Å². The van der Waals surface area contributed by atoms with E-state index in [4.69, 9.17) is 5.11 Å². The highest BCUT2D eigenvalue weighted by Crippen LogP contribution is 2.19. The number of para-hydroxylation sites is 1. The molecular formula is C21H32N2O4. The second-order valence-electron chi connectivity index (χ2n) is 6.70. The number of rotatable bonds is 12. The van der Waals surface area contributed by atoms with Gasteiger partial charge < -0.3 is 25.7 Å². The zero-order valence-corrected chi connectivity index (χ0v) is 16.0. The van der Waals surface area contributed by atoms with Crippen LogP contribution in [0.15, 0.2) is 30.5 Å². The summed E-state index contributed by atoms with van der Waals surface area (Å²) in [5.41, 5.74) is 6.61. The van der Waals surface area contributed by atoms with Crippen molar-refractivity contribution >= 4 is 22.8 Å². The number of H-pyrrole nitrogens is 1. The predicted molar refractivity (Wildman–Crippen MR) is 104 cm³/mol. The number of carboxylic acids is 2. The molecule has 0 amide bonds. The standard InChI is InChI=1S/C15H22N2.C6H10O4/c16-11-7-3-1-2-4-8-13-12-17-15-10-6-5-9-14(13)15;7-5(8)3-1-2-4-6(9)10/h5-6,9-10,12,17H,1-4,7-8,11,16H2;1-4H2,(H,7,8)(H,9,10). The average Bonchev–Trinajstić information content (AvgIpc) is 3.05. The van der Waals surface area contributed by atoms with Crippen LogP contribution in [0.2, 0.25) is 0 Å². The fourth-order valence-corrected chi connectivity index (χ4v) is 2.91. The smallest absolute Gasteiger partial charge is 0.303 e. The number of hydrogen-bond donors (Lipinski definition) is 3. The van der Waals surface area contributed by atoms with E-state index in [0.29, 0.717) is 12.8 Å². The van der Waals surface area contributed by atoms with Crippen LogP contribution >= 0.6 is 0 Å². The van der Waals surface area contributed by atoms with Gasteiger partial charge in [0.05, 0.1) is 6.54 Å². The van der Waals surface area contributed by atoms with E-state index in [0.717, 1.165) is 6.54 Å². The first-order chi connectivity index (χ1) is 13.0. The van der Waals surface area contributed by atoms with Crippen molar-refractivity contribution in [3.8, 4) is 0 Å². The Hall–Kier alpha value is -2.34. The Morgan fingerprint density at radius 2 is 1.63 bits per heavy atom. The average molecular weight is 376 g/mol. The number of quaternary nitrogens is 1. The molecule has 1 aromatic heterocycles. The quantitative estimate of drug-likeness (QED) is 0.492. The van der Waals surface area contributed by atoms with Crippen LogP contribution in [0.4, 0.5) is 0 Å². The first kappa shape index (κ1) is 22.7. The maximum absolute atomic E-state index is 9.88. The number of carboxylic acid groups (broad SMARTS) is 2. The van der Waals surface area contributed by atoms with E-state index in [9.17, 15) is 14.7 Å². The fraction of sp³-hybridized carbons (Fsp3) is 0.524. The third-order valence-electron chi connectivity index (χ3n) is 4.39. The number of hydrogen-bond acceptors (Lipinski definition) is 3. The minimum atomic E-state index is -1.12. The number of unbranched alkanes of at least 4 members (excludes halogenated alkanes) is 5. The van der Waals surface area contributed by atoms with Gasteiger partial charge >= 0.3 is 5.97 Å². The molecule has 0 aliphatic rings. The van der Waals surface area contributed by atoms with E-state index in [2.05, 4.69) is 41.2 Å². The van der Waals surface area contributed by atoms with E-state index in [1.807, 2.05) is 0 Å². The van der Waals surface area contributed by atoms with Crippen molar-refractivity contribution in [1.29, 1.82) is 0 Å². The van der Waals surface area contributed by atoms with Gasteiger partial charge in [-0.05, 0) is 56.6 Å². The highest BCUT2D eigenvalue weighted by molar-refractivity contribution is 5.82. The van der Waals surface area contributed by atoms with Gasteiger partial charge in [0.2, 0.25) is 0 Å². The zero-order chi connectivity index (χ0) is 19.9. The van der Waals surface area contributed by atoms with Crippen molar-refractivity contribution in [2.45, 2.75) is 64.2 Å². The van der Waals surface area contributed by atoms with Gasteiger partial charge in [0.25, 0.3) is 0 Å². The molecule has 0 unspecified atom stereocenters. The maximum Gasteiger partial charge on any atom is 0.303 e. The van der Waals surface area contributed by atoms with Gasteiger partial charge in [-0.1, -0.05) is 31.0 Å². The Labute approximate surface area is 160 Å². The van der Waals surface area contributed by atoms with Gasteiger partial charge in [-0.25, -0.2) is 0 Å². The van der Waals surface area contributed by atoms with Gasteiger partial charge in [-0.15, -0.1) is 0 Å². The van der Waals surface area contributed by atoms with E-state index >= 15 is 0 Å². The third kappa shape index (κ3) is 10.4. The Morgan fingerprint density at radius 3 is 2.33 bits per heavy atom. The van der Waals surface area contributed by atoms with Crippen LogP contribution in [-0.2, 0) is 16.0 Å². The van der Waals surface area contributed by atoms with Crippen molar-refractivity contribution < 1.29 is 25.5 Å². The third-order valence-corrected chi connectivity index (χ3v) is 4.39. The summed E-state index contributed by atoms with van der Waals surface area (Å²) >= 11 is 0. The molecule has 0 saturated heterocycles. The second-order valence-corrected chi connectivity index (χ2v) is 6.70. The summed E-state index contributed by atoms with van der Waals surface area (Å²) in [5, 5.41) is 19.3. The number of nitrogens with one attached hydrogen (secondary N) is 1. The number of aryl methyl sites for hydroxylation is 1. The van der Waals surface area contributed by atoms with Crippen LogP contribution in [-0.4, -0.2) is 28.6 Å². The first-order valence-corrected chi connectivity index (χ1v) is 9.80. The molecule has 0 bridgehead atoms. The van der Waals surface area contributed by atoms with Crippen LogP contribution in [0.1, 0.15) is 63.4 Å². The van der Waals surface area contributed by atoms with Crippen molar-refractivity contribution in [3.05, 3.63) is 36.0 Å². The number of carbonyl (C=O) groups excluding carboxylic acids is 1. The zero-order valence-electron chi connectivity index (χ0n) is 16.0. The lowest BCUT2D eigenvalue weighted by molar-refractivity contribution is -0.368. The molecule has 0 atom stereocenters. The summed E-state index contributed by atoms with van der Waals surface area (Å²) in [6.45, 7) is 1.09. The minimum absolute atomic E-state index is 0.0350. The number of aromatic nitrogens is 1. The molecule has 0 spiro atoms. The topological polar surface area (TPSA) is 121 Å². The molecule has 0 fully saturated rings. The fourth-order valence-electron chi connectivity index (χ4n) is 2.91. The molecule has 6 heteroatoms. The molecule has 150 valence electrons. The molecule has 27 heavy (non-hydrogen) atoms. The summed E-state index contributed by atoms with van der Waals surface area (Å²) < 4.78 is 0. The number of aliphatic carboxylic acids is 2. The van der Waals surface area contributed by atoms with Crippen LogP contribution in [0.3, 0.4) is 0 Å². The van der Waals surface area contributed by atoms with Crippen molar-refractivity contribution in [1.82, 2.24) is 4.98 Å². The normalized spacial score (nSPS) is 10.4. The molecule has 0 aliphatic carbocycles. The monoisotopic (exact) mass is 376 g/mol. The van der Waals surface area contributed by atoms with Crippen LogP contribution in [0.25, 0.3) is 10.9 Å². The van der Waals surface area contributed by atoms with Gasteiger partial charge in [0.15, 0.2) is 0 Å². The molecule has 6 nitrogen and oxygen atoms in total. The van der Waals surface area contributed by atoms with E-state index in [-0.39, 0.29) is 12.8 Å². The molecule has 1 aromatic carbocycles.